The summed E-state index contributed by atoms with van der Waals surface area (Å²) in [5.74, 6) is 0. The van der Waals surface area contributed by atoms with Gasteiger partial charge < -0.3 is 9.13 Å². The largest absolute Gasteiger partial charge is 0.307 e. The first kappa shape index (κ1) is 32.2. The van der Waals surface area contributed by atoms with E-state index in [9.17, 15) is 4.79 Å². The SMILES string of the molecule is O=c1c2ccc(-c3ccccc3)cc2c2cccc3c4cc(-c5cccc(-n6c7ccccc7c7ccc8c9ccccc9n(-c9ccccc9)c8c76)c5)ccc4n1c23. The lowest BCUT2D eigenvalue weighted by molar-refractivity contribution is 1.15. The highest BCUT2D eigenvalue weighted by atomic mass is 16.1. The Balaban J connectivity index is 1.05. The molecule has 4 nitrogen and oxygen atoms in total. The Morgan fingerprint density at radius 2 is 0.746 bits per heavy atom. The number of rotatable bonds is 4. The van der Waals surface area contributed by atoms with Gasteiger partial charge in [0.25, 0.3) is 5.56 Å². The Hall–Kier alpha value is -7.95. The second-order valence-electron chi connectivity index (χ2n) is 15.6. The van der Waals surface area contributed by atoms with E-state index in [0.717, 1.165) is 77.1 Å². The second-order valence-corrected chi connectivity index (χ2v) is 15.6. The summed E-state index contributed by atoms with van der Waals surface area (Å²) in [6.45, 7) is 0. The quantitative estimate of drug-likeness (QED) is 0.165. The molecular weight excluding hydrogens is 719 g/mol. The summed E-state index contributed by atoms with van der Waals surface area (Å²) in [6, 6.07) is 71.3. The van der Waals surface area contributed by atoms with Crippen molar-refractivity contribution in [2.45, 2.75) is 0 Å². The van der Waals surface area contributed by atoms with E-state index in [1.54, 1.807) is 0 Å². The molecule has 0 radical (unpaired) electrons. The maximum absolute atomic E-state index is 14.4. The molecule has 0 aliphatic heterocycles. The van der Waals surface area contributed by atoms with Gasteiger partial charge in [-0.15, -0.1) is 0 Å². The standard InChI is InChI=1S/C55H33N3O/c59-55-46-27-25-36(34-13-3-1-4-14-34)32-47(46)42-21-12-22-43-48-33-37(26-30-51(48)58(55)52(42)43)35-15-11-18-39(31-35)57-50-24-10-8-20-41(50)45-29-28-44-40-19-7-9-23-49(40)56(53(44)54(45)57)38-16-5-2-6-17-38/h1-33H. The molecule has 59 heavy (non-hydrogen) atoms. The molecule has 4 heteroatoms. The van der Waals surface area contributed by atoms with Crippen LogP contribution in [0.25, 0.3) is 115 Å². The predicted octanol–water partition coefficient (Wildman–Crippen LogP) is 13.7. The molecule has 0 saturated heterocycles. The van der Waals surface area contributed by atoms with Crippen LogP contribution in [0.5, 0.6) is 0 Å². The van der Waals surface area contributed by atoms with Crippen LogP contribution in [-0.4, -0.2) is 13.5 Å². The fourth-order valence-electron chi connectivity index (χ4n) is 10.00. The first-order chi connectivity index (χ1) is 29.2. The van der Waals surface area contributed by atoms with Gasteiger partial charge in [0.05, 0.1) is 33.1 Å². The van der Waals surface area contributed by atoms with E-state index in [-0.39, 0.29) is 5.56 Å². The van der Waals surface area contributed by atoms with Crippen molar-refractivity contribution in [1.29, 1.82) is 0 Å². The third kappa shape index (κ3) is 4.46. The molecule has 0 unspecified atom stereocenters. The van der Waals surface area contributed by atoms with Crippen LogP contribution in [0.2, 0.25) is 0 Å². The van der Waals surface area contributed by atoms with Gasteiger partial charge in [-0.1, -0.05) is 140 Å². The smallest absolute Gasteiger partial charge is 0.263 e. The Morgan fingerprint density at radius 1 is 0.271 bits per heavy atom. The average Bonchev–Trinajstić information content (AvgIpc) is 3.95. The third-order valence-corrected chi connectivity index (χ3v) is 12.6. The lowest BCUT2D eigenvalue weighted by Crippen LogP contribution is -2.12. The molecule has 274 valence electrons. The van der Waals surface area contributed by atoms with Crippen LogP contribution in [0.4, 0.5) is 0 Å². The van der Waals surface area contributed by atoms with Crippen molar-refractivity contribution in [2.75, 3.05) is 0 Å². The van der Waals surface area contributed by atoms with Crippen molar-refractivity contribution < 1.29 is 0 Å². The molecule has 13 rings (SSSR count). The second kappa shape index (κ2) is 12.0. The number of fused-ring (bicyclic) bond motifs is 12. The molecule has 4 aromatic heterocycles. The highest BCUT2D eigenvalue weighted by Crippen LogP contribution is 2.43. The number of hydrogen-bond acceptors (Lipinski definition) is 1. The van der Waals surface area contributed by atoms with Crippen molar-refractivity contribution in [3.05, 3.63) is 211 Å². The molecule has 9 aromatic carbocycles. The van der Waals surface area contributed by atoms with Gasteiger partial charge in [0, 0.05) is 54.5 Å². The van der Waals surface area contributed by atoms with Gasteiger partial charge in [0.2, 0.25) is 0 Å². The number of aromatic nitrogens is 3. The van der Waals surface area contributed by atoms with Crippen LogP contribution >= 0.6 is 0 Å². The summed E-state index contributed by atoms with van der Waals surface area (Å²) in [6.07, 6.45) is 0. The van der Waals surface area contributed by atoms with E-state index in [4.69, 9.17) is 0 Å². The van der Waals surface area contributed by atoms with Crippen LogP contribution in [0.1, 0.15) is 0 Å². The van der Waals surface area contributed by atoms with Gasteiger partial charge in [0.15, 0.2) is 0 Å². The number of benzene rings is 9. The number of nitrogens with zero attached hydrogens (tertiary/aromatic N) is 3. The summed E-state index contributed by atoms with van der Waals surface area (Å²) in [5, 5.41) is 9.84. The molecule has 0 spiro atoms. The fraction of sp³-hybridized carbons (Fsp3) is 0. The van der Waals surface area contributed by atoms with Crippen LogP contribution in [-0.2, 0) is 0 Å². The van der Waals surface area contributed by atoms with Crippen molar-refractivity contribution >= 4 is 81.6 Å². The minimum absolute atomic E-state index is 0.0126. The average molecular weight is 752 g/mol. The molecule has 0 N–H and O–H groups in total. The van der Waals surface area contributed by atoms with E-state index < -0.39 is 0 Å². The Labute approximate surface area is 338 Å². The first-order valence-corrected chi connectivity index (χ1v) is 20.1. The van der Waals surface area contributed by atoms with Gasteiger partial charge in [-0.25, -0.2) is 0 Å². The van der Waals surface area contributed by atoms with E-state index in [0.29, 0.717) is 0 Å². The molecule has 0 atom stereocenters. The van der Waals surface area contributed by atoms with E-state index in [2.05, 4.69) is 197 Å². The molecule has 0 bridgehead atoms. The molecule has 0 aliphatic carbocycles. The lowest BCUT2D eigenvalue weighted by atomic mass is 9.98. The number of pyridine rings is 1. The Morgan fingerprint density at radius 3 is 1.47 bits per heavy atom. The van der Waals surface area contributed by atoms with Gasteiger partial charge in [0.1, 0.15) is 0 Å². The summed E-state index contributed by atoms with van der Waals surface area (Å²) in [5.41, 5.74) is 13.3. The van der Waals surface area contributed by atoms with E-state index in [1.165, 1.54) is 38.1 Å². The van der Waals surface area contributed by atoms with Gasteiger partial charge in [-0.3, -0.25) is 9.20 Å². The van der Waals surface area contributed by atoms with Crippen molar-refractivity contribution in [1.82, 2.24) is 13.5 Å². The van der Waals surface area contributed by atoms with Crippen molar-refractivity contribution in [2.24, 2.45) is 0 Å². The molecule has 13 aromatic rings. The van der Waals surface area contributed by atoms with Crippen molar-refractivity contribution in [3.8, 4) is 33.6 Å². The molecular formula is C55H33N3O. The summed E-state index contributed by atoms with van der Waals surface area (Å²) in [4.78, 5) is 14.4. The molecule has 0 fully saturated rings. The van der Waals surface area contributed by atoms with Crippen LogP contribution in [0, 0.1) is 0 Å². The normalized spacial score (nSPS) is 12.1. The minimum Gasteiger partial charge on any atom is -0.307 e. The maximum atomic E-state index is 14.4. The summed E-state index contributed by atoms with van der Waals surface area (Å²) >= 11 is 0. The Kier molecular flexibility index (Phi) is 6.56. The van der Waals surface area contributed by atoms with Crippen LogP contribution < -0.4 is 5.56 Å². The number of hydrogen-bond donors (Lipinski definition) is 0. The topological polar surface area (TPSA) is 31.3 Å². The monoisotopic (exact) mass is 751 g/mol. The molecule has 0 saturated carbocycles. The highest BCUT2D eigenvalue weighted by Gasteiger charge is 2.22. The molecule has 0 aliphatic rings. The predicted molar refractivity (Wildman–Crippen MR) is 247 cm³/mol. The zero-order valence-electron chi connectivity index (χ0n) is 31.8. The summed E-state index contributed by atoms with van der Waals surface area (Å²) in [7, 11) is 0. The third-order valence-electron chi connectivity index (χ3n) is 12.6. The molecule has 4 heterocycles. The first-order valence-electron chi connectivity index (χ1n) is 20.1. The zero-order valence-corrected chi connectivity index (χ0v) is 31.8. The zero-order chi connectivity index (χ0) is 38.8. The van der Waals surface area contributed by atoms with Gasteiger partial charge >= 0.3 is 0 Å². The fourth-order valence-corrected chi connectivity index (χ4v) is 10.00. The van der Waals surface area contributed by atoms with E-state index in [1.807, 2.05) is 16.5 Å². The maximum Gasteiger partial charge on any atom is 0.263 e. The minimum atomic E-state index is 0.0126. The highest BCUT2D eigenvalue weighted by molar-refractivity contribution is 6.24. The van der Waals surface area contributed by atoms with Gasteiger partial charge in [-0.05, 0) is 88.3 Å². The van der Waals surface area contributed by atoms with Crippen LogP contribution in [0.15, 0.2) is 205 Å². The molecule has 0 amide bonds. The van der Waals surface area contributed by atoms with Gasteiger partial charge in [-0.2, -0.15) is 0 Å². The summed E-state index contributed by atoms with van der Waals surface area (Å²) < 4.78 is 6.81. The van der Waals surface area contributed by atoms with E-state index >= 15 is 0 Å². The van der Waals surface area contributed by atoms with Crippen molar-refractivity contribution in [3.63, 3.8) is 0 Å². The number of para-hydroxylation sites is 4. The lowest BCUT2D eigenvalue weighted by Gasteiger charge is -2.13. The van der Waals surface area contributed by atoms with Crippen LogP contribution in [0.3, 0.4) is 0 Å². The Bertz CT molecular complexity index is 3910.